The number of nitrogens with zero attached hydrogens (tertiary/aromatic N) is 1. The minimum Gasteiger partial charge on any atom is -0.493 e. The second-order valence-electron chi connectivity index (χ2n) is 3.73. The minimum absolute atomic E-state index is 0.123. The predicted octanol–water partition coefficient (Wildman–Crippen LogP) is 1.56. The van der Waals surface area contributed by atoms with Gasteiger partial charge in [-0.3, -0.25) is 4.79 Å². The number of ether oxygens (including phenoxy) is 2. The molecule has 0 unspecified atom stereocenters. The lowest BCUT2D eigenvalue weighted by Crippen LogP contribution is -2.12. The van der Waals surface area contributed by atoms with Crippen LogP contribution in [0.4, 0.5) is 5.69 Å². The maximum absolute atomic E-state index is 11.3. The fraction of sp³-hybridized carbons (Fsp3) is 0.0769. The van der Waals surface area contributed by atoms with E-state index in [2.05, 4.69) is 4.98 Å². The van der Waals surface area contributed by atoms with Crippen LogP contribution in [0.3, 0.4) is 0 Å². The van der Waals surface area contributed by atoms with Gasteiger partial charge in [0, 0.05) is 18.0 Å². The van der Waals surface area contributed by atoms with Gasteiger partial charge < -0.3 is 20.9 Å². The number of primary amides is 1. The van der Waals surface area contributed by atoms with Crippen molar-refractivity contribution < 1.29 is 14.3 Å². The minimum atomic E-state index is -0.613. The molecule has 0 fully saturated rings. The molecule has 6 heteroatoms. The molecule has 0 atom stereocenters. The molecule has 1 heterocycles. The number of amides is 1. The van der Waals surface area contributed by atoms with Gasteiger partial charge in [-0.15, -0.1) is 0 Å². The first-order valence-corrected chi connectivity index (χ1v) is 5.48. The third-order valence-electron chi connectivity index (χ3n) is 2.43. The van der Waals surface area contributed by atoms with E-state index in [1.165, 1.54) is 19.4 Å². The van der Waals surface area contributed by atoms with Gasteiger partial charge in [-0.1, -0.05) is 0 Å². The average Bonchev–Trinajstić information content (AvgIpc) is 2.41. The summed E-state index contributed by atoms with van der Waals surface area (Å²) in [7, 11) is 1.50. The Balaban J connectivity index is 2.39. The molecule has 2 aromatic rings. The third kappa shape index (κ3) is 2.74. The number of hydrogen-bond donors (Lipinski definition) is 2. The first-order valence-electron chi connectivity index (χ1n) is 5.48. The van der Waals surface area contributed by atoms with Gasteiger partial charge in [0.1, 0.15) is 5.56 Å². The smallest absolute Gasteiger partial charge is 0.254 e. The maximum Gasteiger partial charge on any atom is 0.254 e. The van der Waals surface area contributed by atoms with Crippen LogP contribution >= 0.6 is 0 Å². The van der Waals surface area contributed by atoms with Gasteiger partial charge in [-0.05, 0) is 24.3 Å². The van der Waals surface area contributed by atoms with Crippen LogP contribution in [0.25, 0.3) is 0 Å². The van der Waals surface area contributed by atoms with Gasteiger partial charge in [0.15, 0.2) is 11.5 Å². The van der Waals surface area contributed by atoms with Crippen molar-refractivity contribution in [2.24, 2.45) is 5.73 Å². The van der Waals surface area contributed by atoms with Crippen molar-refractivity contribution in [3.8, 4) is 17.4 Å². The highest BCUT2D eigenvalue weighted by Gasteiger charge is 2.13. The fourth-order valence-corrected chi connectivity index (χ4v) is 1.53. The van der Waals surface area contributed by atoms with E-state index in [1.54, 1.807) is 24.3 Å². The number of anilines is 1. The van der Waals surface area contributed by atoms with Crippen molar-refractivity contribution >= 4 is 11.6 Å². The van der Waals surface area contributed by atoms with Gasteiger partial charge in [0.05, 0.1) is 7.11 Å². The number of carbonyl (C=O) groups is 1. The molecule has 98 valence electrons. The fourth-order valence-electron chi connectivity index (χ4n) is 1.53. The SMILES string of the molecule is COc1cc(N)ccc1Oc1ncccc1C(N)=O. The molecule has 0 aliphatic heterocycles. The molecule has 4 N–H and O–H groups in total. The van der Waals surface area contributed by atoms with E-state index in [0.717, 1.165) is 0 Å². The molecule has 0 saturated carbocycles. The van der Waals surface area contributed by atoms with Crippen molar-refractivity contribution in [2.75, 3.05) is 12.8 Å². The van der Waals surface area contributed by atoms with Gasteiger partial charge in [-0.25, -0.2) is 4.98 Å². The monoisotopic (exact) mass is 259 g/mol. The summed E-state index contributed by atoms with van der Waals surface area (Å²) in [6.07, 6.45) is 1.51. The van der Waals surface area contributed by atoms with E-state index in [4.69, 9.17) is 20.9 Å². The zero-order chi connectivity index (χ0) is 13.8. The normalized spacial score (nSPS) is 9.95. The summed E-state index contributed by atoms with van der Waals surface area (Å²) in [6, 6.07) is 8.04. The quantitative estimate of drug-likeness (QED) is 0.811. The number of carbonyl (C=O) groups excluding carboxylic acids is 1. The molecule has 0 aliphatic rings. The highest BCUT2D eigenvalue weighted by atomic mass is 16.5. The van der Waals surface area contributed by atoms with Crippen LogP contribution in [0.15, 0.2) is 36.5 Å². The third-order valence-corrected chi connectivity index (χ3v) is 2.43. The number of rotatable bonds is 4. The summed E-state index contributed by atoms with van der Waals surface area (Å²) in [5, 5.41) is 0. The van der Waals surface area contributed by atoms with Gasteiger partial charge in [0.25, 0.3) is 5.91 Å². The molecule has 0 saturated heterocycles. The molecule has 1 amide bonds. The van der Waals surface area contributed by atoms with E-state index in [-0.39, 0.29) is 11.4 Å². The largest absolute Gasteiger partial charge is 0.493 e. The number of nitrogens with two attached hydrogens (primary N) is 2. The Labute approximate surface area is 110 Å². The van der Waals surface area contributed by atoms with Gasteiger partial charge in [0.2, 0.25) is 5.88 Å². The zero-order valence-corrected chi connectivity index (χ0v) is 10.3. The van der Waals surface area contributed by atoms with Crippen molar-refractivity contribution in [3.63, 3.8) is 0 Å². The second-order valence-corrected chi connectivity index (χ2v) is 3.73. The van der Waals surface area contributed by atoms with Crippen molar-refractivity contribution in [3.05, 3.63) is 42.1 Å². The van der Waals surface area contributed by atoms with Crippen LogP contribution in [0.5, 0.6) is 17.4 Å². The van der Waals surface area contributed by atoms with Crippen molar-refractivity contribution in [2.45, 2.75) is 0 Å². The number of pyridine rings is 1. The Morgan fingerprint density at radius 1 is 1.26 bits per heavy atom. The Morgan fingerprint density at radius 3 is 2.74 bits per heavy atom. The highest BCUT2D eigenvalue weighted by molar-refractivity contribution is 5.95. The lowest BCUT2D eigenvalue weighted by molar-refractivity contribution is 0.0997. The lowest BCUT2D eigenvalue weighted by Gasteiger charge is -2.11. The van der Waals surface area contributed by atoms with Gasteiger partial charge in [-0.2, -0.15) is 0 Å². The molecule has 0 spiro atoms. The molecular weight excluding hydrogens is 246 g/mol. The second kappa shape index (κ2) is 5.26. The number of benzene rings is 1. The molecular formula is C13H13N3O3. The van der Waals surface area contributed by atoms with Gasteiger partial charge >= 0.3 is 0 Å². The number of nitrogen functional groups attached to an aromatic ring is 1. The van der Waals surface area contributed by atoms with Crippen molar-refractivity contribution in [1.82, 2.24) is 4.98 Å². The Hall–Kier alpha value is -2.76. The average molecular weight is 259 g/mol. The summed E-state index contributed by atoms with van der Waals surface area (Å²) in [5.74, 6) is 0.356. The number of aromatic nitrogens is 1. The van der Waals surface area contributed by atoms with Crippen LogP contribution < -0.4 is 20.9 Å². The van der Waals surface area contributed by atoms with E-state index in [0.29, 0.717) is 17.2 Å². The van der Waals surface area contributed by atoms with Crippen LogP contribution in [-0.4, -0.2) is 18.0 Å². The zero-order valence-electron chi connectivity index (χ0n) is 10.3. The Kier molecular flexibility index (Phi) is 3.51. The highest BCUT2D eigenvalue weighted by Crippen LogP contribution is 2.33. The Morgan fingerprint density at radius 2 is 2.05 bits per heavy atom. The summed E-state index contributed by atoms with van der Waals surface area (Å²) in [5.41, 5.74) is 11.6. The maximum atomic E-state index is 11.3. The van der Waals surface area contributed by atoms with E-state index < -0.39 is 5.91 Å². The summed E-state index contributed by atoms with van der Waals surface area (Å²) >= 11 is 0. The molecule has 0 radical (unpaired) electrons. The molecule has 1 aromatic heterocycles. The molecule has 1 aromatic carbocycles. The molecule has 19 heavy (non-hydrogen) atoms. The number of hydrogen-bond acceptors (Lipinski definition) is 5. The van der Waals surface area contributed by atoms with Crippen LogP contribution in [0.1, 0.15) is 10.4 Å². The molecule has 0 aliphatic carbocycles. The lowest BCUT2D eigenvalue weighted by atomic mass is 10.2. The Bertz CT molecular complexity index is 614. The number of methoxy groups -OCH3 is 1. The van der Waals surface area contributed by atoms with Crippen molar-refractivity contribution in [1.29, 1.82) is 0 Å². The molecule has 6 nitrogen and oxygen atoms in total. The first-order chi connectivity index (χ1) is 9.11. The molecule has 0 bridgehead atoms. The standard InChI is InChI=1S/C13H13N3O3/c1-18-11-7-8(14)4-5-10(11)19-13-9(12(15)17)3-2-6-16-13/h2-7H,14H2,1H3,(H2,15,17). The van der Waals surface area contributed by atoms with E-state index in [1.807, 2.05) is 0 Å². The predicted molar refractivity (Wildman–Crippen MR) is 70.2 cm³/mol. The first kappa shape index (κ1) is 12.7. The van der Waals surface area contributed by atoms with Crippen LogP contribution in [-0.2, 0) is 0 Å². The van der Waals surface area contributed by atoms with Crippen LogP contribution in [0.2, 0.25) is 0 Å². The summed E-state index contributed by atoms with van der Waals surface area (Å²) in [6.45, 7) is 0. The summed E-state index contributed by atoms with van der Waals surface area (Å²) < 4.78 is 10.7. The summed E-state index contributed by atoms with van der Waals surface area (Å²) in [4.78, 5) is 15.3. The molecule has 2 rings (SSSR count). The van der Waals surface area contributed by atoms with E-state index >= 15 is 0 Å². The van der Waals surface area contributed by atoms with Crippen LogP contribution in [0, 0.1) is 0 Å². The van der Waals surface area contributed by atoms with E-state index in [9.17, 15) is 4.79 Å². The topological polar surface area (TPSA) is 100 Å².